The summed E-state index contributed by atoms with van der Waals surface area (Å²) in [6.07, 6.45) is 6.33. The molecule has 4 N–H and O–H groups in total. The third-order valence-electron chi connectivity index (χ3n) is 4.69. The van der Waals surface area contributed by atoms with E-state index in [0.717, 1.165) is 18.5 Å². The first-order valence-corrected chi connectivity index (χ1v) is 10.2. The average Bonchev–Trinajstić information content (AvgIpc) is 2.71. The number of hydrogen-bond acceptors (Lipinski definition) is 7. The highest BCUT2D eigenvalue weighted by atomic mass is 16.5. The van der Waals surface area contributed by atoms with Crippen LogP contribution in [0.5, 0.6) is 0 Å². The molecule has 7 heteroatoms. The van der Waals surface area contributed by atoms with Crippen LogP contribution >= 0.6 is 0 Å². The standard InChI is InChI=1S/C22H32N4O3/c1-2-3-4-5-14-29-22-16-21(19(23)15-20(22)24)25-17-6-8-18(9-7-17)26(10-12-27)11-13-28/h6-9,16,23-24,27-28H,2-5,10-15H2,1H3. The summed E-state index contributed by atoms with van der Waals surface area (Å²) in [4.78, 5) is 6.45. The summed E-state index contributed by atoms with van der Waals surface area (Å²) in [7, 11) is 0. The van der Waals surface area contributed by atoms with E-state index in [1.54, 1.807) is 6.08 Å². The molecule has 158 valence electrons. The number of anilines is 1. The Morgan fingerprint density at radius 2 is 1.69 bits per heavy atom. The van der Waals surface area contributed by atoms with Gasteiger partial charge in [0.15, 0.2) is 0 Å². The molecule has 0 bridgehead atoms. The molecule has 0 unspecified atom stereocenters. The predicted molar refractivity (Wildman–Crippen MR) is 118 cm³/mol. The van der Waals surface area contributed by atoms with Crippen molar-refractivity contribution in [3.8, 4) is 0 Å². The summed E-state index contributed by atoms with van der Waals surface area (Å²) in [5.41, 5.74) is 2.74. The molecule has 0 saturated heterocycles. The number of rotatable bonds is 12. The molecule has 0 spiro atoms. The van der Waals surface area contributed by atoms with Gasteiger partial charge in [0.1, 0.15) is 5.76 Å². The van der Waals surface area contributed by atoms with Gasteiger partial charge in [0.05, 0.1) is 42.6 Å². The minimum absolute atomic E-state index is 0.0131. The van der Waals surface area contributed by atoms with Gasteiger partial charge in [0.25, 0.3) is 0 Å². The SMILES string of the molecule is CCCCCCOC1=CC(=Nc2ccc(N(CCO)CCO)cc2)C(=N)CC1=N. The highest BCUT2D eigenvalue weighted by molar-refractivity contribution is 6.51. The zero-order valence-corrected chi connectivity index (χ0v) is 17.2. The van der Waals surface area contributed by atoms with Gasteiger partial charge in [-0.05, 0) is 30.7 Å². The van der Waals surface area contributed by atoms with Gasteiger partial charge in [-0.25, -0.2) is 4.99 Å². The number of allylic oxidation sites excluding steroid dienone is 2. The molecule has 0 atom stereocenters. The number of nitrogens with zero attached hydrogens (tertiary/aromatic N) is 2. The third kappa shape index (κ3) is 7.11. The number of hydrogen-bond donors (Lipinski definition) is 4. The Kier molecular flexibility index (Phi) is 9.53. The number of aliphatic hydroxyl groups excluding tert-OH is 2. The quantitative estimate of drug-likeness (QED) is 0.402. The number of benzene rings is 1. The molecule has 0 amide bonds. The molecular weight excluding hydrogens is 368 g/mol. The topological polar surface area (TPSA) is 113 Å². The maximum atomic E-state index is 9.17. The molecule has 1 aliphatic rings. The third-order valence-corrected chi connectivity index (χ3v) is 4.69. The molecule has 2 rings (SSSR count). The number of nitrogens with one attached hydrogen (secondary N) is 2. The molecular formula is C22H32N4O3. The van der Waals surface area contributed by atoms with Crippen molar-refractivity contribution < 1.29 is 14.9 Å². The van der Waals surface area contributed by atoms with Crippen LogP contribution < -0.4 is 4.90 Å². The highest BCUT2D eigenvalue weighted by Crippen LogP contribution is 2.22. The van der Waals surface area contributed by atoms with Gasteiger partial charge in [-0.15, -0.1) is 0 Å². The Morgan fingerprint density at radius 1 is 1.00 bits per heavy atom. The number of aliphatic hydroxyl groups is 2. The Balaban J connectivity index is 2.09. The van der Waals surface area contributed by atoms with Gasteiger partial charge in [-0.1, -0.05) is 26.2 Å². The molecule has 1 aliphatic carbocycles. The Bertz CT molecular complexity index is 735. The van der Waals surface area contributed by atoms with Crippen LogP contribution in [0, 0.1) is 10.8 Å². The molecule has 1 aromatic rings. The summed E-state index contributed by atoms with van der Waals surface area (Å²) in [6.45, 7) is 3.66. The highest BCUT2D eigenvalue weighted by Gasteiger charge is 2.20. The van der Waals surface area contributed by atoms with E-state index in [1.165, 1.54) is 12.8 Å². The molecule has 0 aliphatic heterocycles. The van der Waals surface area contributed by atoms with E-state index in [-0.39, 0.29) is 19.6 Å². The normalized spacial score (nSPS) is 15.6. The first kappa shape index (κ1) is 22.8. The minimum atomic E-state index is 0.0131. The number of ether oxygens (including phenoxy) is 1. The lowest BCUT2D eigenvalue weighted by molar-refractivity contribution is 0.222. The second-order valence-corrected chi connectivity index (χ2v) is 7.00. The van der Waals surface area contributed by atoms with Crippen molar-refractivity contribution in [1.82, 2.24) is 0 Å². The van der Waals surface area contributed by atoms with Crippen LogP contribution in [0.25, 0.3) is 0 Å². The van der Waals surface area contributed by atoms with E-state index >= 15 is 0 Å². The van der Waals surface area contributed by atoms with Gasteiger partial charge < -0.3 is 30.7 Å². The maximum absolute atomic E-state index is 9.17. The molecule has 0 fully saturated rings. The fraction of sp³-hybridized carbons (Fsp3) is 0.500. The lowest BCUT2D eigenvalue weighted by Crippen LogP contribution is -2.29. The Labute approximate surface area is 172 Å². The van der Waals surface area contributed by atoms with Gasteiger partial charge >= 0.3 is 0 Å². The van der Waals surface area contributed by atoms with Crippen molar-refractivity contribution in [2.24, 2.45) is 4.99 Å². The van der Waals surface area contributed by atoms with Crippen molar-refractivity contribution in [3.63, 3.8) is 0 Å². The first-order chi connectivity index (χ1) is 14.1. The van der Waals surface area contributed by atoms with Gasteiger partial charge in [-0.2, -0.15) is 0 Å². The smallest absolute Gasteiger partial charge is 0.142 e. The van der Waals surface area contributed by atoms with Crippen LogP contribution in [0.1, 0.15) is 39.0 Å². The maximum Gasteiger partial charge on any atom is 0.142 e. The van der Waals surface area contributed by atoms with Crippen LogP contribution in [-0.4, -0.2) is 60.3 Å². The summed E-state index contributed by atoms with van der Waals surface area (Å²) < 4.78 is 5.77. The zero-order chi connectivity index (χ0) is 21.1. The first-order valence-electron chi connectivity index (χ1n) is 10.2. The van der Waals surface area contributed by atoms with Crippen molar-refractivity contribution in [2.75, 3.05) is 37.8 Å². The van der Waals surface area contributed by atoms with Crippen LogP contribution in [0.4, 0.5) is 11.4 Å². The van der Waals surface area contributed by atoms with Gasteiger partial charge in [0.2, 0.25) is 0 Å². The molecule has 0 aromatic heterocycles. The molecule has 0 heterocycles. The molecule has 0 radical (unpaired) electrons. The summed E-state index contributed by atoms with van der Waals surface area (Å²) in [5.74, 6) is 0.505. The lowest BCUT2D eigenvalue weighted by Gasteiger charge is -2.23. The summed E-state index contributed by atoms with van der Waals surface area (Å²) in [6, 6.07) is 7.45. The van der Waals surface area contributed by atoms with Crippen LogP contribution in [0.2, 0.25) is 0 Å². The van der Waals surface area contributed by atoms with Crippen molar-refractivity contribution >= 4 is 28.5 Å². The zero-order valence-electron chi connectivity index (χ0n) is 17.2. The minimum Gasteiger partial charge on any atom is -0.492 e. The fourth-order valence-corrected chi connectivity index (χ4v) is 3.08. The number of aliphatic imine (C=N–C) groups is 1. The van der Waals surface area contributed by atoms with Crippen LogP contribution in [0.15, 0.2) is 41.1 Å². The van der Waals surface area contributed by atoms with Crippen LogP contribution in [-0.2, 0) is 4.74 Å². The monoisotopic (exact) mass is 400 g/mol. The molecule has 0 saturated carbocycles. The van der Waals surface area contributed by atoms with Gasteiger partial charge in [0, 0.05) is 31.3 Å². The van der Waals surface area contributed by atoms with Crippen LogP contribution in [0.3, 0.4) is 0 Å². The van der Waals surface area contributed by atoms with Crippen molar-refractivity contribution in [1.29, 1.82) is 10.8 Å². The second-order valence-electron chi connectivity index (χ2n) is 7.00. The average molecular weight is 401 g/mol. The fourth-order valence-electron chi connectivity index (χ4n) is 3.08. The van der Waals surface area contributed by atoms with E-state index in [4.69, 9.17) is 15.6 Å². The summed E-state index contributed by atoms with van der Waals surface area (Å²) in [5, 5.41) is 34.6. The van der Waals surface area contributed by atoms with Crippen molar-refractivity contribution in [2.45, 2.75) is 39.0 Å². The Hall–Kier alpha value is -2.51. The molecule has 1 aromatic carbocycles. The van der Waals surface area contributed by atoms with E-state index in [2.05, 4.69) is 11.9 Å². The predicted octanol–water partition coefficient (Wildman–Crippen LogP) is 3.47. The molecule has 7 nitrogen and oxygen atoms in total. The van der Waals surface area contributed by atoms with Crippen molar-refractivity contribution in [3.05, 3.63) is 36.1 Å². The lowest BCUT2D eigenvalue weighted by atomic mass is 9.99. The number of unbranched alkanes of at least 4 members (excludes halogenated alkanes) is 3. The second kappa shape index (κ2) is 12.1. The Morgan fingerprint density at radius 3 is 2.31 bits per heavy atom. The van der Waals surface area contributed by atoms with E-state index in [0.29, 0.717) is 48.3 Å². The van der Waals surface area contributed by atoms with E-state index in [1.807, 2.05) is 29.2 Å². The van der Waals surface area contributed by atoms with E-state index in [9.17, 15) is 10.2 Å². The van der Waals surface area contributed by atoms with E-state index < -0.39 is 0 Å². The largest absolute Gasteiger partial charge is 0.492 e. The van der Waals surface area contributed by atoms with Gasteiger partial charge in [-0.3, -0.25) is 0 Å². The molecule has 29 heavy (non-hydrogen) atoms. The summed E-state index contributed by atoms with van der Waals surface area (Å²) >= 11 is 0.